The molecule has 1 aromatic rings. The van der Waals surface area contributed by atoms with Gasteiger partial charge in [0.1, 0.15) is 5.82 Å². The molecular weight excluding hydrogens is 376 g/mol. The van der Waals surface area contributed by atoms with Crippen LogP contribution in [-0.4, -0.2) is 10.7 Å². The van der Waals surface area contributed by atoms with Gasteiger partial charge in [0.25, 0.3) is 5.91 Å². The Labute approximate surface area is 112 Å². The van der Waals surface area contributed by atoms with Gasteiger partial charge in [-0.25, -0.2) is 4.39 Å². The van der Waals surface area contributed by atoms with Crippen molar-refractivity contribution in [2.45, 2.75) is 4.84 Å². The van der Waals surface area contributed by atoms with Crippen LogP contribution in [0.3, 0.4) is 0 Å². The summed E-state index contributed by atoms with van der Waals surface area (Å²) in [6.07, 6.45) is 0. The van der Waals surface area contributed by atoms with E-state index in [0.29, 0.717) is 14.6 Å². The Hall–Kier alpha value is 0.160. The molecule has 0 radical (unpaired) electrons. The minimum atomic E-state index is -1.17. The number of benzene rings is 1. The molecule has 0 aliphatic rings. The summed E-state index contributed by atoms with van der Waals surface area (Å²) in [5.41, 5.74) is 0.382. The monoisotopic (exact) mass is 377 g/mol. The second-order valence-electron chi connectivity index (χ2n) is 2.53. The predicted molar refractivity (Wildman–Crippen MR) is 65.9 cm³/mol. The highest BCUT2D eigenvalue weighted by atomic mass is 79.9. The van der Waals surface area contributed by atoms with Gasteiger partial charge in [-0.2, -0.15) is 0 Å². The highest BCUT2D eigenvalue weighted by Gasteiger charge is 2.15. The highest BCUT2D eigenvalue weighted by Crippen LogP contribution is 2.32. The van der Waals surface area contributed by atoms with Crippen molar-refractivity contribution in [1.29, 1.82) is 0 Å². The van der Waals surface area contributed by atoms with E-state index in [4.69, 9.17) is 23.2 Å². The van der Waals surface area contributed by atoms with Gasteiger partial charge < -0.3 is 5.32 Å². The van der Waals surface area contributed by atoms with Crippen LogP contribution in [0.2, 0.25) is 0 Å². The van der Waals surface area contributed by atoms with Crippen molar-refractivity contribution in [3.05, 3.63) is 26.9 Å². The van der Waals surface area contributed by atoms with Crippen LogP contribution in [0.4, 0.5) is 10.1 Å². The Morgan fingerprint density at radius 1 is 1.33 bits per heavy atom. The zero-order chi connectivity index (χ0) is 11.6. The van der Waals surface area contributed by atoms with Gasteiger partial charge in [0, 0.05) is 8.95 Å². The number of carbonyl (C=O) groups excluding carboxylic acids is 1. The molecule has 1 rings (SSSR count). The molecule has 1 aromatic carbocycles. The summed E-state index contributed by atoms with van der Waals surface area (Å²) in [5, 5.41) is 2.44. The summed E-state index contributed by atoms with van der Waals surface area (Å²) >= 11 is 16.9. The molecule has 0 spiro atoms. The third-order valence-corrected chi connectivity index (χ3v) is 3.10. The maximum Gasteiger partial charge on any atom is 0.257 e. The number of carbonyl (C=O) groups is 1. The zero-order valence-corrected chi connectivity index (χ0v) is 11.7. The molecule has 1 amide bonds. The van der Waals surface area contributed by atoms with Crippen molar-refractivity contribution in [1.82, 2.24) is 0 Å². The fraction of sp³-hybridized carbons (Fsp3) is 0.125. The first-order valence-corrected chi connectivity index (χ1v) is 6.11. The fourth-order valence-corrected chi connectivity index (χ4v) is 2.28. The van der Waals surface area contributed by atoms with Gasteiger partial charge in [-0.1, -0.05) is 23.2 Å². The summed E-state index contributed by atoms with van der Waals surface area (Å²) in [6.45, 7) is 0. The summed E-state index contributed by atoms with van der Waals surface area (Å²) in [4.78, 5) is 10.0. The molecule has 0 aromatic heterocycles. The molecule has 0 aliphatic carbocycles. The lowest BCUT2D eigenvalue weighted by Crippen LogP contribution is -2.19. The van der Waals surface area contributed by atoms with E-state index >= 15 is 0 Å². The third-order valence-electron chi connectivity index (χ3n) is 1.45. The van der Waals surface area contributed by atoms with E-state index in [1.807, 2.05) is 0 Å². The number of nitrogens with one attached hydrogen (secondary N) is 1. The number of alkyl halides is 2. The molecule has 82 valence electrons. The Balaban J connectivity index is 3.00. The van der Waals surface area contributed by atoms with Crippen LogP contribution in [0.25, 0.3) is 0 Å². The predicted octanol–water partition coefficient (Wildman–Crippen LogP) is 4.09. The third kappa shape index (κ3) is 3.59. The molecule has 7 heteroatoms. The second kappa shape index (κ2) is 5.48. The molecule has 0 bridgehead atoms. The van der Waals surface area contributed by atoms with Gasteiger partial charge in [0.15, 0.2) is 4.84 Å². The van der Waals surface area contributed by atoms with Crippen LogP contribution in [-0.2, 0) is 4.79 Å². The van der Waals surface area contributed by atoms with Crippen molar-refractivity contribution in [2.24, 2.45) is 0 Å². The van der Waals surface area contributed by atoms with E-state index in [1.165, 1.54) is 12.1 Å². The van der Waals surface area contributed by atoms with Crippen LogP contribution in [0.5, 0.6) is 0 Å². The van der Waals surface area contributed by atoms with E-state index in [9.17, 15) is 9.18 Å². The standard InChI is InChI=1S/C8H4Br2Cl2FNO/c9-4-1-3(13)2-5(10)6(4)14-8(15)7(11)12/h1-2,7H,(H,14,15). The number of halogens is 5. The van der Waals surface area contributed by atoms with Crippen LogP contribution >= 0.6 is 55.1 Å². The SMILES string of the molecule is O=C(Nc1c(Br)cc(F)cc1Br)C(Cl)Cl. The molecule has 0 heterocycles. The number of hydrogen-bond donors (Lipinski definition) is 1. The Morgan fingerprint density at radius 2 is 1.80 bits per heavy atom. The van der Waals surface area contributed by atoms with E-state index in [1.54, 1.807) is 0 Å². The van der Waals surface area contributed by atoms with E-state index in [0.717, 1.165) is 0 Å². The first kappa shape index (κ1) is 13.2. The maximum absolute atomic E-state index is 12.9. The molecular formula is C8H4Br2Cl2FNO. The molecule has 0 saturated carbocycles. The molecule has 15 heavy (non-hydrogen) atoms. The van der Waals surface area contributed by atoms with Crippen LogP contribution in [0.15, 0.2) is 21.1 Å². The van der Waals surface area contributed by atoms with Crippen molar-refractivity contribution in [3.63, 3.8) is 0 Å². The topological polar surface area (TPSA) is 29.1 Å². The number of rotatable bonds is 2. The van der Waals surface area contributed by atoms with Crippen LogP contribution in [0.1, 0.15) is 0 Å². The lowest BCUT2D eigenvalue weighted by atomic mass is 10.3. The number of anilines is 1. The Bertz CT molecular complexity index is 377. The lowest BCUT2D eigenvalue weighted by Gasteiger charge is -2.09. The van der Waals surface area contributed by atoms with E-state index in [-0.39, 0.29) is 0 Å². The largest absolute Gasteiger partial charge is 0.322 e. The second-order valence-corrected chi connectivity index (χ2v) is 5.34. The minimum absolute atomic E-state index is 0.382. The smallest absolute Gasteiger partial charge is 0.257 e. The van der Waals surface area contributed by atoms with Gasteiger partial charge in [0.2, 0.25) is 0 Å². The molecule has 0 unspecified atom stereocenters. The van der Waals surface area contributed by atoms with Crippen molar-refractivity contribution in [3.8, 4) is 0 Å². The Kier molecular flexibility index (Phi) is 4.83. The maximum atomic E-state index is 12.9. The van der Waals surface area contributed by atoms with E-state index in [2.05, 4.69) is 37.2 Å². The quantitative estimate of drug-likeness (QED) is 0.770. The average Bonchev–Trinajstić information content (AvgIpc) is 2.10. The van der Waals surface area contributed by atoms with Gasteiger partial charge in [-0.3, -0.25) is 4.79 Å². The zero-order valence-electron chi connectivity index (χ0n) is 7.03. The van der Waals surface area contributed by atoms with Crippen molar-refractivity contribution < 1.29 is 9.18 Å². The molecule has 0 fully saturated rings. The van der Waals surface area contributed by atoms with Crippen molar-refractivity contribution in [2.75, 3.05) is 5.32 Å². The first-order valence-electron chi connectivity index (χ1n) is 3.65. The summed E-state index contributed by atoms with van der Waals surface area (Å²) in [6, 6.07) is 2.44. The molecule has 1 N–H and O–H groups in total. The van der Waals surface area contributed by atoms with Crippen LogP contribution in [0, 0.1) is 5.82 Å². The fourth-order valence-electron chi connectivity index (χ4n) is 0.839. The Morgan fingerprint density at radius 3 is 2.20 bits per heavy atom. The van der Waals surface area contributed by atoms with E-state index < -0.39 is 16.6 Å². The van der Waals surface area contributed by atoms with Gasteiger partial charge in [0.05, 0.1) is 5.69 Å². The molecule has 0 saturated heterocycles. The normalized spacial score (nSPS) is 10.5. The summed E-state index contributed by atoms with van der Waals surface area (Å²) < 4.78 is 13.7. The summed E-state index contributed by atoms with van der Waals surface area (Å²) in [7, 11) is 0. The molecule has 2 nitrogen and oxygen atoms in total. The van der Waals surface area contributed by atoms with Gasteiger partial charge in [-0.15, -0.1) is 0 Å². The highest BCUT2D eigenvalue weighted by molar-refractivity contribution is 9.11. The van der Waals surface area contributed by atoms with Gasteiger partial charge in [-0.05, 0) is 44.0 Å². The lowest BCUT2D eigenvalue weighted by molar-refractivity contribution is -0.114. The minimum Gasteiger partial charge on any atom is -0.322 e. The number of amides is 1. The molecule has 0 aliphatic heterocycles. The van der Waals surface area contributed by atoms with Gasteiger partial charge >= 0.3 is 0 Å². The molecule has 0 atom stereocenters. The number of hydrogen-bond acceptors (Lipinski definition) is 1. The van der Waals surface area contributed by atoms with Crippen molar-refractivity contribution >= 4 is 66.7 Å². The average molecular weight is 380 g/mol. The van der Waals surface area contributed by atoms with Crippen LogP contribution < -0.4 is 5.32 Å². The first-order chi connectivity index (χ1) is 6.91. The summed E-state index contributed by atoms with van der Waals surface area (Å²) in [5.74, 6) is -1.01.